The molecule has 0 bridgehead atoms. The van der Waals surface area contributed by atoms with Crippen LogP contribution in [0.1, 0.15) is 18.7 Å². The fourth-order valence-corrected chi connectivity index (χ4v) is 2.63. The van der Waals surface area contributed by atoms with Crippen molar-refractivity contribution in [3.8, 4) is 11.3 Å². The molecule has 0 saturated heterocycles. The summed E-state index contributed by atoms with van der Waals surface area (Å²) in [5.74, 6) is 0. The van der Waals surface area contributed by atoms with Gasteiger partial charge in [0.2, 0.25) is 0 Å². The summed E-state index contributed by atoms with van der Waals surface area (Å²) in [6.45, 7) is 3.45. The van der Waals surface area contributed by atoms with Gasteiger partial charge >= 0.3 is 0 Å². The van der Waals surface area contributed by atoms with Crippen molar-refractivity contribution in [1.29, 1.82) is 0 Å². The van der Waals surface area contributed by atoms with Gasteiger partial charge in [0.15, 0.2) is 0 Å². The molecule has 0 aliphatic rings. The van der Waals surface area contributed by atoms with E-state index in [1.165, 1.54) is 17.0 Å². The number of hydrogen-bond acceptors (Lipinski definition) is 5. The fraction of sp³-hybridized carbons (Fsp3) is 0.250. The molecular weight excluding hydrogens is 316 g/mol. The summed E-state index contributed by atoms with van der Waals surface area (Å²) in [5.41, 5.74) is 2.29. The topological polar surface area (TPSA) is 80.9 Å². The Morgan fingerprint density at radius 2 is 2.17 bits per heavy atom. The molecule has 6 nitrogen and oxygen atoms in total. The molecule has 0 fully saturated rings. The molecule has 1 atom stereocenters. The first-order chi connectivity index (χ1) is 11.0. The molecular formula is C16H15ClN4O2. The lowest BCUT2D eigenvalue weighted by atomic mass is 10.1. The Morgan fingerprint density at radius 3 is 2.87 bits per heavy atom. The maximum atomic E-state index is 12.7. The number of fused-ring (bicyclic) bond motifs is 1. The van der Waals surface area contributed by atoms with Crippen LogP contribution in [-0.2, 0) is 0 Å². The zero-order valence-electron chi connectivity index (χ0n) is 12.7. The first-order valence-electron chi connectivity index (χ1n) is 7.13. The van der Waals surface area contributed by atoms with Crippen LogP contribution in [0.4, 0.5) is 0 Å². The Labute approximate surface area is 137 Å². The number of halogens is 1. The van der Waals surface area contributed by atoms with Gasteiger partial charge in [-0.1, -0.05) is 11.6 Å². The Hall–Kier alpha value is -2.31. The van der Waals surface area contributed by atoms with Crippen LogP contribution in [0.25, 0.3) is 22.2 Å². The first kappa shape index (κ1) is 15.6. The lowest BCUT2D eigenvalue weighted by Crippen LogP contribution is -2.25. The van der Waals surface area contributed by atoms with Crippen LogP contribution < -0.4 is 5.56 Å². The molecule has 0 radical (unpaired) electrons. The molecule has 0 aromatic carbocycles. The Kier molecular flexibility index (Phi) is 4.11. The number of aliphatic hydroxyl groups is 1. The zero-order valence-corrected chi connectivity index (χ0v) is 13.4. The van der Waals surface area contributed by atoms with Gasteiger partial charge in [0.05, 0.1) is 24.4 Å². The van der Waals surface area contributed by atoms with Gasteiger partial charge in [-0.15, -0.1) is 0 Å². The molecule has 3 aromatic rings. The molecule has 118 valence electrons. The normalized spacial score (nSPS) is 12.5. The van der Waals surface area contributed by atoms with Crippen molar-refractivity contribution in [3.05, 3.63) is 51.9 Å². The predicted molar refractivity (Wildman–Crippen MR) is 88.6 cm³/mol. The molecule has 0 aliphatic heterocycles. The van der Waals surface area contributed by atoms with Crippen LogP contribution in [-0.4, -0.2) is 31.2 Å². The summed E-state index contributed by atoms with van der Waals surface area (Å²) < 4.78 is 1.39. The maximum Gasteiger partial charge on any atom is 0.261 e. The van der Waals surface area contributed by atoms with Gasteiger partial charge in [0.25, 0.3) is 5.56 Å². The highest BCUT2D eigenvalue weighted by atomic mass is 35.5. The lowest BCUT2D eigenvalue weighted by Gasteiger charge is -2.14. The van der Waals surface area contributed by atoms with Gasteiger partial charge in [0.1, 0.15) is 16.4 Å². The van der Waals surface area contributed by atoms with Crippen molar-refractivity contribution >= 4 is 22.5 Å². The molecule has 3 rings (SSSR count). The van der Waals surface area contributed by atoms with E-state index in [0.717, 1.165) is 11.3 Å². The Bertz CT molecular complexity index is 939. The third kappa shape index (κ3) is 2.71. The van der Waals surface area contributed by atoms with E-state index < -0.39 is 0 Å². The molecule has 0 unspecified atom stereocenters. The fourth-order valence-electron chi connectivity index (χ4n) is 2.44. The van der Waals surface area contributed by atoms with Crippen LogP contribution in [0, 0.1) is 6.92 Å². The summed E-state index contributed by atoms with van der Waals surface area (Å²) in [4.78, 5) is 25.6. The Morgan fingerprint density at radius 1 is 1.39 bits per heavy atom. The number of aryl methyl sites for hydroxylation is 1. The van der Waals surface area contributed by atoms with Crippen LogP contribution in [0.3, 0.4) is 0 Å². The monoisotopic (exact) mass is 330 g/mol. The third-order valence-electron chi connectivity index (χ3n) is 3.74. The van der Waals surface area contributed by atoms with E-state index in [2.05, 4.69) is 15.0 Å². The Balaban J connectivity index is 2.36. The van der Waals surface area contributed by atoms with Crippen molar-refractivity contribution in [3.63, 3.8) is 0 Å². The molecule has 23 heavy (non-hydrogen) atoms. The summed E-state index contributed by atoms with van der Waals surface area (Å²) >= 11 is 6.11. The highest BCUT2D eigenvalue weighted by Gasteiger charge is 2.16. The minimum atomic E-state index is -0.366. The lowest BCUT2D eigenvalue weighted by molar-refractivity contribution is 0.236. The van der Waals surface area contributed by atoms with Gasteiger partial charge in [-0.2, -0.15) is 0 Å². The summed E-state index contributed by atoms with van der Waals surface area (Å²) in [6.07, 6.45) is 3.12. The summed E-state index contributed by atoms with van der Waals surface area (Å²) in [7, 11) is 0. The number of pyridine rings is 2. The van der Waals surface area contributed by atoms with E-state index in [4.69, 9.17) is 11.6 Å². The van der Waals surface area contributed by atoms with Crippen LogP contribution in [0.5, 0.6) is 0 Å². The predicted octanol–water partition coefficient (Wildman–Crippen LogP) is 2.37. The largest absolute Gasteiger partial charge is 0.394 e. The van der Waals surface area contributed by atoms with Crippen molar-refractivity contribution in [2.45, 2.75) is 19.9 Å². The van der Waals surface area contributed by atoms with Crippen molar-refractivity contribution in [2.75, 3.05) is 6.61 Å². The second kappa shape index (κ2) is 6.06. The van der Waals surface area contributed by atoms with Gasteiger partial charge in [0, 0.05) is 17.5 Å². The van der Waals surface area contributed by atoms with Crippen molar-refractivity contribution in [2.24, 2.45) is 0 Å². The minimum Gasteiger partial charge on any atom is -0.394 e. The van der Waals surface area contributed by atoms with Crippen LogP contribution >= 0.6 is 11.6 Å². The van der Waals surface area contributed by atoms with E-state index in [9.17, 15) is 9.90 Å². The third-order valence-corrected chi connectivity index (χ3v) is 3.93. The summed E-state index contributed by atoms with van der Waals surface area (Å²) in [6, 6.07) is 4.80. The van der Waals surface area contributed by atoms with Gasteiger partial charge in [-0.05, 0) is 32.0 Å². The molecule has 1 N–H and O–H groups in total. The zero-order chi connectivity index (χ0) is 16.6. The smallest absolute Gasteiger partial charge is 0.261 e. The summed E-state index contributed by atoms with van der Waals surface area (Å²) in [5, 5.41) is 9.85. The number of nitrogens with zero attached hydrogens (tertiary/aromatic N) is 4. The highest BCUT2D eigenvalue weighted by Crippen LogP contribution is 2.27. The molecule has 3 heterocycles. The molecule has 3 aromatic heterocycles. The number of hydrogen-bond donors (Lipinski definition) is 1. The highest BCUT2D eigenvalue weighted by molar-refractivity contribution is 6.30. The van der Waals surface area contributed by atoms with Crippen molar-refractivity contribution < 1.29 is 5.11 Å². The SMILES string of the molecule is Cc1ncccc1-c1nc(Cl)cc2c(=O)n([C@@H](C)CO)cnc12. The van der Waals surface area contributed by atoms with E-state index in [-0.39, 0.29) is 23.4 Å². The average Bonchev–Trinajstić information content (AvgIpc) is 2.55. The van der Waals surface area contributed by atoms with E-state index in [0.29, 0.717) is 16.6 Å². The van der Waals surface area contributed by atoms with Gasteiger partial charge in [-0.3, -0.25) is 14.3 Å². The van der Waals surface area contributed by atoms with E-state index in [1.807, 2.05) is 13.0 Å². The van der Waals surface area contributed by atoms with Crippen LogP contribution in [0.15, 0.2) is 35.5 Å². The molecule has 7 heteroatoms. The second-order valence-electron chi connectivity index (χ2n) is 5.31. The molecule has 0 amide bonds. The first-order valence-corrected chi connectivity index (χ1v) is 7.51. The average molecular weight is 331 g/mol. The quantitative estimate of drug-likeness (QED) is 0.746. The second-order valence-corrected chi connectivity index (χ2v) is 5.70. The van der Waals surface area contributed by atoms with Gasteiger partial charge < -0.3 is 5.11 Å². The van der Waals surface area contributed by atoms with Gasteiger partial charge in [-0.25, -0.2) is 9.97 Å². The molecule has 0 saturated carbocycles. The number of aliphatic hydroxyl groups excluding tert-OH is 1. The number of aromatic nitrogens is 4. The van der Waals surface area contributed by atoms with Crippen molar-refractivity contribution in [1.82, 2.24) is 19.5 Å². The van der Waals surface area contributed by atoms with E-state index in [1.54, 1.807) is 19.2 Å². The minimum absolute atomic E-state index is 0.152. The van der Waals surface area contributed by atoms with Crippen LogP contribution in [0.2, 0.25) is 5.15 Å². The standard InChI is InChI=1S/C16H15ClN4O2/c1-9(7-22)21-8-19-14-12(16(21)23)6-13(17)20-15(14)11-4-3-5-18-10(11)2/h3-6,8-9,22H,7H2,1-2H3/t9-/m0/s1. The number of rotatable bonds is 3. The molecule has 0 spiro atoms. The van der Waals surface area contributed by atoms with E-state index >= 15 is 0 Å². The molecule has 0 aliphatic carbocycles. The maximum absolute atomic E-state index is 12.7.